The zero-order valence-electron chi connectivity index (χ0n) is 15.0. The Morgan fingerprint density at radius 1 is 0.917 bits per heavy atom. The third-order valence-electron chi connectivity index (χ3n) is 5.64. The maximum absolute atomic E-state index is 2.67. The van der Waals surface area contributed by atoms with E-state index >= 15 is 0 Å². The molecule has 0 aromatic heterocycles. The number of hydrogen-bond donors (Lipinski definition) is 0. The summed E-state index contributed by atoms with van der Waals surface area (Å²) in [5.41, 5.74) is 4.12. The number of para-hydroxylation sites is 1. The molecule has 0 aliphatic carbocycles. The van der Waals surface area contributed by atoms with Crippen LogP contribution in [-0.2, 0) is 0 Å². The van der Waals surface area contributed by atoms with Crippen LogP contribution in [0.15, 0.2) is 66.7 Å². The fourth-order valence-electron chi connectivity index (χ4n) is 4.44. The molecule has 2 unspecified atom stereocenters. The van der Waals surface area contributed by atoms with Crippen LogP contribution in [0.1, 0.15) is 38.1 Å². The molecule has 24 heavy (non-hydrogen) atoms. The van der Waals surface area contributed by atoms with Crippen molar-refractivity contribution in [3.05, 3.63) is 77.9 Å². The van der Waals surface area contributed by atoms with Crippen LogP contribution >= 0.6 is 0 Å². The maximum atomic E-state index is 2.67. The fourth-order valence-corrected chi connectivity index (χ4v) is 4.44. The lowest BCUT2D eigenvalue weighted by molar-refractivity contribution is 0.134. The number of fused-ring (bicyclic) bond motifs is 1. The van der Waals surface area contributed by atoms with E-state index in [1.165, 1.54) is 16.8 Å². The van der Waals surface area contributed by atoms with Gasteiger partial charge >= 0.3 is 0 Å². The van der Waals surface area contributed by atoms with Crippen molar-refractivity contribution in [2.75, 3.05) is 4.90 Å². The molecule has 0 N–H and O–H groups in total. The van der Waals surface area contributed by atoms with Crippen LogP contribution in [0.3, 0.4) is 0 Å². The molecule has 0 saturated carbocycles. The van der Waals surface area contributed by atoms with Gasteiger partial charge in [0.05, 0.1) is 6.04 Å². The van der Waals surface area contributed by atoms with Gasteiger partial charge in [-0.3, -0.25) is 4.90 Å². The summed E-state index contributed by atoms with van der Waals surface area (Å²) in [5, 5.41) is 0. The van der Waals surface area contributed by atoms with Gasteiger partial charge in [0.25, 0.3) is 0 Å². The monoisotopic (exact) mass is 318 g/mol. The largest absolute Gasteiger partial charge is 0.347 e. The van der Waals surface area contributed by atoms with Crippen LogP contribution in [0.25, 0.3) is 0 Å². The average molecular weight is 318 g/mol. The molecule has 1 fully saturated rings. The van der Waals surface area contributed by atoms with E-state index in [4.69, 9.17) is 0 Å². The van der Waals surface area contributed by atoms with Crippen molar-refractivity contribution in [3.63, 3.8) is 0 Å². The Morgan fingerprint density at radius 2 is 1.58 bits per heavy atom. The lowest BCUT2D eigenvalue weighted by Gasteiger charge is -2.39. The zero-order chi connectivity index (χ0) is 16.9. The van der Waals surface area contributed by atoms with Gasteiger partial charge in [0.15, 0.2) is 0 Å². The second-order valence-corrected chi connectivity index (χ2v) is 7.63. The highest BCUT2D eigenvalue weighted by molar-refractivity contribution is 5.58. The minimum Gasteiger partial charge on any atom is -0.347 e. The molecule has 2 aliphatic rings. The van der Waals surface area contributed by atoms with E-state index < -0.39 is 0 Å². The number of anilines is 1. The Bertz CT molecular complexity index is 763. The first-order valence-electron chi connectivity index (χ1n) is 8.87. The van der Waals surface area contributed by atoms with Crippen molar-refractivity contribution in [2.45, 2.75) is 51.5 Å². The molecule has 3 atom stereocenters. The van der Waals surface area contributed by atoms with E-state index in [-0.39, 0.29) is 11.7 Å². The number of rotatable bonds is 2. The Morgan fingerprint density at radius 3 is 2.29 bits per heavy atom. The van der Waals surface area contributed by atoms with Crippen LogP contribution < -0.4 is 4.90 Å². The van der Waals surface area contributed by atoms with Crippen LogP contribution in [-0.4, -0.2) is 22.5 Å². The van der Waals surface area contributed by atoms with E-state index in [1.54, 1.807) is 0 Å². The number of nitrogens with zero attached hydrogens (tertiary/aromatic N) is 2. The second kappa shape index (κ2) is 5.49. The molecule has 2 heteroatoms. The van der Waals surface area contributed by atoms with E-state index in [0.717, 1.165) is 0 Å². The molecule has 0 spiro atoms. The fraction of sp³-hybridized carbons (Fsp3) is 0.364. The highest BCUT2D eigenvalue weighted by atomic mass is 15.5. The molecule has 2 aromatic carbocycles. The molecule has 0 bridgehead atoms. The highest BCUT2D eigenvalue weighted by Gasteiger charge is 2.52. The molecular formula is C22H26N2. The van der Waals surface area contributed by atoms with Crippen molar-refractivity contribution in [1.82, 2.24) is 4.90 Å². The van der Waals surface area contributed by atoms with E-state index in [2.05, 4.69) is 104 Å². The number of aryl methyl sites for hydroxylation is 1. The third-order valence-corrected chi connectivity index (χ3v) is 5.64. The van der Waals surface area contributed by atoms with Gasteiger partial charge in [-0.2, -0.15) is 0 Å². The highest BCUT2D eigenvalue weighted by Crippen LogP contribution is 2.48. The first kappa shape index (κ1) is 15.5. The molecule has 0 radical (unpaired) electrons. The lowest BCUT2D eigenvalue weighted by atomic mass is 10.0. The first-order chi connectivity index (χ1) is 11.5. The molecule has 2 nitrogen and oxygen atoms in total. The van der Waals surface area contributed by atoms with Crippen LogP contribution in [0.5, 0.6) is 0 Å². The lowest BCUT2D eigenvalue weighted by Crippen LogP contribution is -2.43. The van der Waals surface area contributed by atoms with Gasteiger partial charge in [0, 0.05) is 17.3 Å². The summed E-state index contributed by atoms with van der Waals surface area (Å²) in [7, 11) is 0. The van der Waals surface area contributed by atoms with E-state index in [9.17, 15) is 0 Å². The molecule has 2 heterocycles. The second-order valence-electron chi connectivity index (χ2n) is 7.63. The summed E-state index contributed by atoms with van der Waals surface area (Å²) >= 11 is 0. The number of hydrogen-bond acceptors (Lipinski definition) is 2. The summed E-state index contributed by atoms with van der Waals surface area (Å²) in [4.78, 5) is 5.28. The molecule has 2 aromatic rings. The molecule has 124 valence electrons. The van der Waals surface area contributed by atoms with Gasteiger partial charge in [-0.05, 0) is 44.9 Å². The Labute approximate surface area is 145 Å². The van der Waals surface area contributed by atoms with Crippen LogP contribution in [0.4, 0.5) is 5.69 Å². The van der Waals surface area contributed by atoms with Gasteiger partial charge in [0.2, 0.25) is 0 Å². The average Bonchev–Trinajstić information content (AvgIpc) is 3.05. The standard InChI is InChI=1S/C22H26N2/c1-16-10-8-9-13-19(16)23-17(2)20-14-15-22(3,4)24(20)21(23)18-11-6-5-7-12-18/h5-15,17,20-21H,1-4H3/t17-,20?,21?/m0/s1. The van der Waals surface area contributed by atoms with E-state index in [1.807, 2.05) is 0 Å². The maximum Gasteiger partial charge on any atom is 0.110 e. The predicted molar refractivity (Wildman–Crippen MR) is 101 cm³/mol. The van der Waals surface area contributed by atoms with Crippen molar-refractivity contribution in [2.24, 2.45) is 0 Å². The molecule has 1 saturated heterocycles. The molecular weight excluding hydrogens is 292 g/mol. The minimum atomic E-state index is 0.0663. The third kappa shape index (κ3) is 2.21. The topological polar surface area (TPSA) is 6.48 Å². The normalized spacial score (nSPS) is 28.3. The minimum absolute atomic E-state index is 0.0663. The van der Waals surface area contributed by atoms with Gasteiger partial charge in [0.1, 0.15) is 6.17 Å². The smallest absolute Gasteiger partial charge is 0.110 e. The SMILES string of the molecule is Cc1ccccc1N1C(c2ccccc2)N2C(C=CC2(C)C)[C@@H]1C. The zero-order valence-corrected chi connectivity index (χ0v) is 15.0. The van der Waals surface area contributed by atoms with Crippen molar-refractivity contribution in [3.8, 4) is 0 Å². The quantitative estimate of drug-likeness (QED) is 0.725. The van der Waals surface area contributed by atoms with Crippen LogP contribution in [0.2, 0.25) is 0 Å². The Kier molecular flexibility index (Phi) is 3.54. The summed E-state index contributed by atoms with van der Waals surface area (Å²) in [5.74, 6) is 0. The first-order valence-corrected chi connectivity index (χ1v) is 8.87. The molecule has 0 amide bonds. The Hall–Kier alpha value is -2.06. The van der Waals surface area contributed by atoms with Crippen molar-refractivity contribution >= 4 is 5.69 Å². The van der Waals surface area contributed by atoms with Crippen molar-refractivity contribution in [1.29, 1.82) is 0 Å². The summed E-state index contributed by atoms with van der Waals surface area (Å²) < 4.78 is 0. The summed E-state index contributed by atoms with van der Waals surface area (Å²) in [6.07, 6.45) is 5.04. The Balaban J connectivity index is 1.88. The predicted octanol–water partition coefficient (Wildman–Crippen LogP) is 4.92. The van der Waals surface area contributed by atoms with Crippen molar-refractivity contribution < 1.29 is 0 Å². The molecule has 4 rings (SSSR count). The van der Waals surface area contributed by atoms with Gasteiger partial charge < -0.3 is 4.90 Å². The van der Waals surface area contributed by atoms with Crippen LogP contribution in [0, 0.1) is 6.92 Å². The molecule has 2 aliphatic heterocycles. The van der Waals surface area contributed by atoms with Gasteiger partial charge in [-0.1, -0.05) is 60.7 Å². The van der Waals surface area contributed by atoms with E-state index in [0.29, 0.717) is 12.1 Å². The summed E-state index contributed by atoms with van der Waals surface area (Å²) in [6.45, 7) is 9.23. The van der Waals surface area contributed by atoms with Gasteiger partial charge in [-0.15, -0.1) is 0 Å². The summed E-state index contributed by atoms with van der Waals surface area (Å²) in [6, 6.07) is 20.6. The number of benzene rings is 2. The van der Waals surface area contributed by atoms with Gasteiger partial charge in [-0.25, -0.2) is 0 Å².